The van der Waals surface area contributed by atoms with Crippen LogP contribution in [0.25, 0.3) is 17.1 Å². The van der Waals surface area contributed by atoms with Crippen molar-refractivity contribution in [3.8, 4) is 6.07 Å². The molecule has 0 spiro atoms. The predicted octanol–water partition coefficient (Wildman–Crippen LogP) is 5.44. The molecule has 0 aliphatic carbocycles. The zero-order chi connectivity index (χ0) is 19.5. The molecule has 4 rings (SSSR count). The van der Waals surface area contributed by atoms with Crippen molar-refractivity contribution in [2.75, 3.05) is 4.90 Å². The average molecular weight is 363 g/mol. The Bertz CT molecular complexity index is 1210. The van der Waals surface area contributed by atoms with E-state index in [0.29, 0.717) is 5.52 Å². The zero-order valence-corrected chi connectivity index (χ0v) is 15.1. The van der Waals surface area contributed by atoms with E-state index in [-0.39, 0.29) is 11.1 Å². The smallest absolute Gasteiger partial charge is 0.273 e. The highest BCUT2D eigenvalue weighted by atomic mass is 16.1. The molecule has 0 atom stereocenters. The lowest BCUT2D eigenvalue weighted by Crippen LogP contribution is -2.19. The number of anilines is 3. The van der Waals surface area contributed by atoms with Gasteiger partial charge in [-0.3, -0.25) is 9.36 Å². The normalized spacial score (nSPS) is 10.4. The van der Waals surface area contributed by atoms with Gasteiger partial charge in [0.05, 0.1) is 5.52 Å². The Labute approximate surface area is 162 Å². The molecule has 0 saturated heterocycles. The van der Waals surface area contributed by atoms with Crippen molar-refractivity contribution in [2.24, 2.45) is 0 Å². The number of aromatic nitrogens is 1. The molecule has 3 aromatic carbocycles. The van der Waals surface area contributed by atoms with Crippen LogP contribution in [0.2, 0.25) is 0 Å². The summed E-state index contributed by atoms with van der Waals surface area (Å²) >= 11 is 0. The van der Waals surface area contributed by atoms with Crippen molar-refractivity contribution in [2.45, 2.75) is 0 Å². The van der Waals surface area contributed by atoms with Crippen LogP contribution in [0, 0.1) is 11.3 Å². The van der Waals surface area contributed by atoms with E-state index in [1.165, 1.54) is 10.8 Å². The molecule has 4 aromatic rings. The quantitative estimate of drug-likeness (QED) is 0.485. The standard InChI is InChI=1S/C24H17N3O/c1-2-26-23-16-22(14-13-18(23)15-19(17-25)24(26)28)27(20-9-5-3-6-10-20)21-11-7-4-8-12-21/h2-16H,1H2. The fraction of sp³-hybridized carbons (Fsp3) is 0. The second-order valence-corrected chi connectivity index (χ2v) is 6.28. The SMILES string of the molecule is C=Cn1c(=O)c(C#N)cc2ccc(N(c3ccccc3)c3ccccc3)cc21. The molecule has 0 N–H and O–H groups in total. The van der Waals surface area contributed by atoms with Crippen molar-refractivity contribution >= 4 is 34.2 Å². The Kier molecular flexibility index (Phi) is 4.49. The molecular weight excluding hydrogens is 346 g/mol. The van der Waals surface area contributed by atoms with Gasteiger partial charge < -0.3 is 4.90 Å². The number of para-hydroxylation sites is 2. The second kappa shape index (κ2) is 7.26. The summed E-state index contributed by atoms with van der Waals surface area (Å²) in [5.74, 6) is 0. The van der Waals surface area contributed by atoms with E-state index >= 15 is 0 Å². The summed E-state index contributed by atoms with van der Waals surface area (Å²) in [5, 5.41) is 10.0. The minimum atomic E-state index is -0.367. The van der Waals surface area contributed by atoms with Gasteiger partial charge in [-0.15, -0.1) is 0 Å². The minimum Gasteiger partial charge on any atom is -0.310 e. The molecular formula is C24H17N3O. The molecule has 28 heavy (non-hydrogen) atoms. The Hall–Kier alpha value is -4.10. The van der Waals surface area contributed by atoms with Crippen LogP contribution in [0.15, 0.2) is 96.3 Å². The van der Waals surface area contributed by atoms with Crippen LogP contribution >= 0.6 is 0 Å². The van der Waals surface area contributed by atoms with Crippen molar-refractivity contribution in [3.63, 3.8) is 0 Å². The van der Waals surface area contributed by atoms with E-state index in [2.05, 4.69) is 11.5 Å². The van der Waals surface area contributed by atoms with Gasteiger partial charge in [0.1, 0.15) is 11.6 Å². The first-order valence-corrected chi connectivity index (χ1v) is 8.85. The minimum absolute atomic E-state index is 0.100. The lowest BCUT2D eigenvalue weighted by atomic mass is 10.1. The Morgan fingerprint density at radius 2 is 1.46 bits per heavy atom. The maximum Gasteiger partial charge on any atom is 0.273 e. The Morgan fingerprint density at radius 1 is 0.857 bits per heavy atom. The second-order valence-electron chi connectivity index (χ2n) is 6.28. The maximum atomic E-state index is 12.5. The summed E-state index contributed by atoms with van der Waals surface area (Å²) in [6.07, 6.45) is 1.45. The lowest BCUT2D eigenvalue weighted by Gasteiger charge is -2.26. The molecule has 4 nitrogen and oxygen atoms in total. The van der Waals surface area contributed by atoms with Gasteiger partial charge in [0.15, 0.2) is 0 Å². The molecule has 0 fully saturated rings. The third-order valence-corrected chi connectivity index (χ3v) is 4.61. The van der Waals surface area contributed by atoms with E-state index in [4.69, 9.17) is 0 Å². The first-order chi connectivity index (χ1) is 13.7. The first kappa shape index (κ1) is 17.3. The fourth-order valence-corrected chi connectivity index (χ4v) is 3.32. The summed E-state index contributed by atoms with van der Waals surface area (Å²) < 4.78 is 1.42. The molecule has 0 amide bonds. The summed E-state index contributed by atoms with van der Waals surface area (Å²) in [7, 11) is 0. The van der Waals surface area contributed by atoms with Crippen LogP contribution in [0.5, 0.6) is 0 Å². The van der Waals surface area contributed by atoms with Gasteiger partial charge in [0.2, 0.25) is 0 Å². The van der Waals surface area contributed by atoms with Gasteiger partial charge >= 0.3 is 0 Å². The molecule has 0 aliphatic heterocycles. The van der Waals surface area contributed by atoms with E-state index < -0.39 is 0 Å². The first-order valence-electron chi connectivity index (χ1n) is 8.85. The Balaban J connectivity index is 1.99. The van der Waals surface area contributed by atoms with Gasteiger partial charge in [0.25, 0.3) is 5.56 Å². The van der Waals surface area contributed by atoms with E-state index in [1.807, 2.05) is 84.9 Å². The third kappa shape index (κ3) is 2.95. The highest BCUT2D eigenvalue weighted by Gasteiger charge is 2.14. The monoisotopic (exact) mass is 363 g/mol. The molecule has 1 aromatic heterocycles. The molecule has 0 saturated carbocycles. The average Bonchev–Trinajstić information content (AvgIpc) is 2.75. The molecule has 0 bridgehead atoms. The number of hydrogen-bond acceptors (Lipinski definition) is 3. The molecule has 134 valence electrons. The van der Waals surface area contributed by atoms with Crippen molar-refractivity contribution in [1.82, 2.24) is 4.57 Å². The number of nitrogens with zero attached hydrogens (tertiary/aromatic N) is 3. The maximum absolute atomic E-state index is 12.5. The van der Waals surface area contributed by atoms with Crippen LogP contribution in [-0.2, 0) is 0 Å². The fourth-order valence-electron chi connectivity index (χ4n) is 3.32. The van der Waals surface area contributed by atoms with E-state index in [1.54, 1.807) is 6.07 Å². The van der Waals surface area contributed by atoms with Crippen LogP contribution in [0.3, 0.4) is 0 Å². The number of pyridine rings is 1. The van der Waals surface area contributed by atoms with Crippen molar-refractivity contribution in [3.05, 3.63) is 107 Å². The lowest BCUT2D eigenvalue weighted by molar-refractivity contribution is 1.11. The topological polar surface area (TPSA) is 49.0 Å². The molecule has 0 unspecified atom stereocenters. The highest BCUT2D eigenvalue weighted by molar-refractivity contribution is 5.88. The summed E-state index contributed by atoms with van der Waals surface area (Å²) in [4.78, 5) is 14.6. The van der Waals surface area contributed by atoms with Gasteiger partial charge in [-0.25, -0.2) is 0 Å². The van der Waals surface area contributed by atoms with Crippen molar-refractivity contribution < 1.29 is 0 Å². The third-order valence-electron chi connectivity index (χ3n) is 4.61. The Morgan fingerprint density at radius 3 is 2.00 bits per heavy atom. The number of nitriles is 1. The number of hydrogen-bond donors (Lipinski definition) is 0. The highest BCUT2D eigenvalue weighted by Crippen LogP contribution is 2.35. The van der Waals surface area contributed by atoms with Crippen LogP contribution in [-0.4, -0.2) is 4.57 Å². The molecule has 4 heteroatoms. The molecule has 0 radical (unpaired) electrons. The summed E-state index contributed by atoms with van der Waals surface area (Å²) in [6.45, 7) is 3.75. The number of fused-ring (bicyclic) bond motifs is 1. The number of rotatable bonds is 4. The van der Waals surface area contributed by atoms with Gasteiger partial charge in [-0.05, 0) is 42.5 Å². The number of benzene rings is 3. The zero-order valence-electron chi connectivity index (χ0n) is 15.1. The van der Waals surface area contributed by atoms with Crippen LogP contribution in [0.4, 0.5) is 17.1 Å². The van der Waals surface area contributed by atoms with Gasteiger partial charge in [-0.2, -0.15) is 5.26 Å². The van der Waals surface area contributed by atoms with Gasteiger partial charge in [-0.1, -0.05) is 49.0 Å². The largest absolute Gasteiger partial charge is 0.310 e. The molecule has 0 aliphatic rings. The molecule has 1 heterocycles. The van der Waals surface area contributed by atoms with Gasteiger partial charge in [0, 0.05) is 28.6 Å². The predicted molar refractivity (Wildman–Crippen MR) is 114 cm³/mol. The van der Waals surface area contributed by atoms with E-state index in [0.717, 1.165) is 22.4 Å². The summed E-state index contributed by atoms with van der Waals surface area (Å²) in [6, 6.07) is 29.5. The van der Waals surface area contributed by atoms with Crippen LogP contribution in [0.1, 0.15) is 5.56 Å². The van der Waals surface area contributed by atoms with Crippen LogP contribution < -0.4 is 10.5 Å². The van der Waals surface area contributed by atoms with E-state index in [9.17, 15) is 10.1 Å². The summed E-state index contributed by atoms with van der Waals surface area (Å²) in [5.41, 5.74) is 3.36. The van der Waals surface area contributed by atoms with Crippen molar-refractivity contribution in [1.29, 1.82) is 5.26 Å².